The molecule has 0 N–H and O–H groups in total. The molecular weight excluding hydrogens is 239 g/mol. The number of carbonyl (C=O) groups is 1. The Bertz CT molecular complexity index is 388. The van der Waals surface area contributed by atoms with E-state index >= 15 is 0 Å². The first kappa shape index (κ1) is 14.2. The van der Waals surface area contributed by atoms with Crippen molar-refractivity contribution in [3.8, 4) is 0 Å². The zero-order valence-corrected chi connectivity index (χ0v) is 11.5. The first-order valence-corrected chi connectivity index (χ1v) is 7.45. The van der Waals surface area contributed by atoms with Gasteiger partial charge in [0.05, 0.1) is 6.67 Å². The second kappa shape index (κ2) is 7.42. The predicted molar refractivity (Wildman–Crippen MR) is 76.0 cm³/mol. The van der Waals surface area contributed by atoms with Crippen molar-refractivity contribution < 1.29 is 9.18 Å². The van der Waals surface area contributed by atoms with E-state index in [0.29, 0.717) is 24.5 Å². The van der Waals surface area contributed by atoms with Gasteiger partial charge in [-0.05, 0) is 37.2 Å². The maximum Gasteiger partial charge on any atom is 0.136 e. The molecule has 0 radical (unpaired) electrons. The standard InChI is InChI=1S/C17H23FO/c18-12-6-2-5-9-16-13-15(10-11-17(16)19)14-7-3-1-4-8-14/h1,3-4,7-8,15-16H,2,5-6,9-13H2. The fourth-order valence-corrected chi connectivity index (χ4v) is 3.08. The summed E-state index contributed by atoms with van der Waals surface area (Å²) in [6.45, 7) is -0.231. The number of benzene rings is 1. The molecule has 0 bridgehead atoms. The van der Waals surface area contributed by atoms with E-state index in [-0.39, 0.29) is 12.6 Å². The maximum atomic E-state index is 12.1. The van der Waals surface area contributed by atoms with Crippen LogP contribution in [0.2, 0.25) is 0 Å². The number of ketones is 1. The molecule has 2 unspecified atom stereocenters. The molecule has 0 amide bonds. The van der Waals surface area contributed by atoms with Crippen molar-refractivity contribution in [2.24, 2.45) is 5.92 Å². The molecule has 104 valence electrons. The average Bonchev–Trinajstić information content (AvgIpc) is 2.46. The van der Waals surface area contributed by atoms with Gasteiger partial charge in [0.2, 0.25) is 0 Å². The summed E-state index contributed by atoms with van der Waals surface area (Å²) in [6.07, 6.45) is 6.18. The molecule has 1 aromatic carbocycles. The molecule has 1 aliphatic carbocycles. The topological polar surface area (TPSA) is 17.1 Å². The van der Waals surface area contributed by atoms with Gasteiger partial charge in [-0.3, -0.25) is 9.18 Å². The van der Waals surface area contributed by atoms with Gasteiger partial charge >= 0.3 is 0 Å². The molecular formula is C17H23FO. The number of halogens is 1. The SMILES string of the molecule is O=C1CCC(c2ccccc2)CC1CCCCCF. The Balaban J connectivity index is 1.87. The van der Waals surface area contributed by atoms with Crippen LogP contribution in [-0.4, -0.2) is 12.5 Å². The molecule has 1 fully saturated rings. The van der Waals surface area contributed by atoms with Gasteiger partial charge in [-0.25, -0.2) is 0 Å². The van der Waals surface area contributed by atoms with Crippen LogP contribution in [0, 0.1) is 5.92 Å². The summed E-state index contributed by atoms with van der Waals surface area (Å²) in [5.41, 5.74) is 1.36. The summed E-state index contributed by atoms with van der Waals surface area (Å²) in [7, 11) is 0. The van der Waals surface area contributed by atoms with Crippen LogP contribution < -0.4 is 0 Å². The second-order valence-corrected chi connectivity index (χ2v) is 5.58. The Morgan fingerprint density at radius 2 is 1.89 bits per heavy atom. The summed E-state index contributed by atoms with van der Waals surface area (Å²) in [5.74, 6) is 1.16. The van der Waals surface area contributed by atoms with Gasteiger partial charge in [-0.15, -0.1) is 0 Å². The minimum atomic E-state index is -0.231. The van der Waals surface area contributed by atoms with E-state index in [0.717, 1.165) is 32.1 Å². The van der Waals surface area contributed by atoms with Gasteiger partial charge in [0.1, 0.15) is 5.78 Å². The molecule has 2 rings (SSSR count). The van der Waals surface area contributed by atoms with Crippen molar-refractivity contribution in [3.63, 3.8) is 0 Å². The van der Waals surface area contributed by atoms with E-state index in [1.54, 1.807) is 0 Å². The second-order valence-electron chi connectivity index (χ2n) is 5.58. The van der Waals surface area contributed by atoms with Crippen molar-refractivity contribution in [2.45, 2.75) is 50.9 Å². The van der Waals surface area contributed by atoms with Gasteiger partial charge < -0.3 is 0 Å². The Kier molecular flexibility index (Phi) is 5.56. The summed E-state index contributed by atoms with van der Waals surface area (Å²) >= 11 is 0. The highest BCUT2D eigenvalue weighted by molar-refractivity contribution is 5.82. The average molecular weight is 262 g/mol. The van der Waals surface area contributed by atoms with Crippen LogP contribution in [0.3, 0.4) is 0 Å². The lowest BCUT2D eigenvalue weighted by Crippen LogP contribution is -2.24. The fourth-order valence-electron chi connectivity index (χ4n) is 3.08. The molecule has 0 saturated heterocycles. The number of unbranched alkanes of at least 4 members (excludes halogenated alkanes) is 2. The van der Waals surface area contributed by atoms with Gasteiger partial charge in [0, 0.05) is 12.3 Å². The van der Waals surface area contributed by atoms with Crippen LogP contribution in [0.5, 0.6) is 0 Å². The van der Waals surface area contributed by atoms with Crippen LogP contribution in [0.4, 0.5) is 4.39 Å². The molecule has 0 aliphatic heterocycles. The molecule has 0 spiro atoms. The van der Waals surface area contributed by atoms with Gasteiger partial charge in [-0.1, -0.05) is 43.2 Å². The minimum Gasteiger partial charge on any atom is -0.299 e. The van der Waals surface area contributed by atoms with Crippen molar-refractivity contribution in [3.05, 3.63) is 35.9 Å². The van der Waals surface area contributed by atoms with E-state index in [1.807, 2.05) is 6.07 Å². The zero-order valence-electron chi connectivity index (χ0n) is 11.5. The van der Waals surface area contributed by atoms with Crippen LogP contribution in [0.1, 0.15) is 56.4 Å². The summed E-state index contributed by atoms with van der Waals surface area (Å²) in [4.78, 5) is 12.0. The highest BCUT2D eigenvalue weighted by atomic mass is 19.1. The molecule has 19 heavy (non-hydrogen) atoms. The largest absolute Gasteiger partial charge is 0.299 e. The summed E-state index contributed by atoms with van der Waals surface area (Å²) in [5, 5.41) is 0. The lowest BCUT2D eigenvalue weighted by molar-refractivity contribution is -0.125. The van der Waals surface area contributed by atoms with Crippen molar-refractivity contribution in [1.82, 2.24) is 0 Å². The maximum absolute atomic E-state index is 12.1. The van der Waals surface area contributed by atoms with E-state index in [9.17, 15) is 9.18 Å². The van der Waals surface area contributed by atoms with Crippen LogP contribution in [0.15, 0.2) is 30.3 Å². The highest BCUT2D eigenvalue weighted by Gasteiger charge is 2.28. The summed E-state index contributed by atoms with van der Waals surface area (Å²) in [6, 6.07) is 10.5. The number of hydrogen-bond acceptors (Lipinski definition) is 1. The molecule has 0 aromatic heterocycles. The number of carbonyl (C=O) groups excluding carboxylic acids is 1. The van der Waals surface area contributed by atoms with E-state index in [2.05, 4.69) is 24.3 Å². The number of Topliss-reactive ketones (excluding diaryl/α,β-unsaturated/α-hetero) is 1. The summed E-state index contributed by atoms with van der Waals surface area (Å²) < 4.78 is 12.1. The molecule has 2 atom stereocenters. The van der Waals surface area contributed by atoms with Crippen LogP contribution in [0.25, 0.3) is 0 Å². The van der Waals surface area contributed by atoms with E-state index in [1.165, 1.54) is 5.56 Å². The fraction of sp³-hybridized carbons (Fsp3) is 0.588. The minimum absolute atomic E-state index is 0.207. The highest BCUT2D eigenvalue weighted by Crippen LogP contribution is 2.36. The molecule has 0 heterocycles. The number of hydrogen-bond donors (Lipinski definition) is 0. The van der Waals surface area contributed by atoms with Crippen molar-refractivity contribution >= 4 is 5.78 Å². The Labute approximate surface area is 115 Å². The molecule has 1 aliphatic rings. The normalized spacial score (nSPS) is 23.5. The van der Waals surface area contributed by atoms with Crippen LogP contribution in [-0.2, 0) is 4.79 Å². The third kappa shape index (κ3) is 4.15. The third-order valence-corrected chi connectivity index (χ3v) is 4.22. The smallest absolute Gasteiger partial charge is 0.136 e. The Hall–Kier alpha value is -1.18. The third-order valence-electron chi connectivity index (χ3n) is 4.22. The monoisotopic (exact) mass is 262 g/mol. The van der Waals surface area contributed by atoms with E-state index < -0.39 is 0 Å². The Morgan fingerprint density at radius 1 is 1.11 bits per heavy atom. The predicted octanol–water partition coefficient (Wildman–Crippen LogP) is 4.67. The molecule has 2 heteroatoms. The van der Waals surface area contributed by atoms with Crippen molar-refractivity contribution in [2.75, 3.05) is 6.67 Å². The van der Waals surface area contributed by atoms with Gasteiger partial charge in [0.15, 0.2) is 0 Å². The first-order chi connectivity index (χ1) is 9.31. The zero-order chi connectivity index (χ0) is 13.5. The molecule has 1 aromatic rings. The quantitative estimate of drug-likeness (QED) is 0.681. The number of alkyl halides is 1. The first-order valence-electron chi connectivity index (χ1n) is 7.45. The lowest BCUT2D eigenvalue weighted by atomic mass is 9.75. The van der Waals surface area contributed by atoms with Crippen LogP contribution >= 0.6 is 0 Å². The van der Waals surface area contributed by atoms with Gasteiger partial charge in [0.25, 0.3) is 0 Å². The molecule has 1 nitrogen and oxygen atoms in total. The number of rotatable bonds is 6. The van der Waals surface area contributed by atoms with Gasteiger partial charge in [-0.2, -0.15) is 0 Å². The van der Waals surface area contributed by atoms with Crippen molar-refractivity contribution in [1.29, 1.82) is 0 Å². The Morgan fingerprint density at radius 3 is 2.63 bits per heavy atom. The lowest BCUT2D eigenvalue weighted by Gasteiger charge is -2.28. The molecule has 1 saturated carbocycles. The van der Waals surface area contributed by atoms with E-state index in [4.69, 9.17) is 0 Å².